The lowest BCUT2D eigenvalue weighted by Gasteiger charge is -2.16. The molecule has 0 spiro atoms. The van der Waals surface area contributed by atoms with E-state index in [4.69, 9.17) is 4.74 Å². The van der Waals surface area contributed by atoms with Gasteiger partial charge in [0.05, 0.1) is 11.6 Å². The van der Waals surface area contributed by atoms with Crippen LogP contribution in [0.25, 0.3) is 0 Å². The molecule has 0 N–H and O–H groups in total. The predicted molar refractivity (Wildman–Crippen MR) is 89.3 cm³/mol. The van der Waals surface area contributed by atoms with Gasteiger partial charge in [-0.05, 0) is 30.2 Å². The minimum atomic E-state index is -0.424. The van der Waals surface area contributed by atoms with Crippen LogP contribution in [0.4, 0.5) is 5.69 Å². The van der Waals surface area contributed by atoms with Gasteiger partial charge in [-0.2, -0.15) is 5.10 Å². The van der Waals surface area contributed by atoms with E-state index in [1.807, 2.05) is 31.3 Å². The first-order valence-corrected chi connectivity index (χ1v) is 8.11. The number of amides is 1. The maximum absolute atomic E-state index is 12.2. The molecule has 24 heavy (non-hydrogen) atoms. The van der Waals surface area contributed by atoms with Crippen LogP contribution in [-0.4, -0.2) is 28.2 Å². The SMILES string of the molecule is CCc1ccc(N2C[C@H](C(=O)OCc3ccn(C)n3)CC2=O)cc1. The third-order valence-corrected chi connectivity index (χ3v) is 4.25. The number of rotatable bonds is 5. The smallest absolute Gasteiger partial charge is 0.311 e. The first-order valence-electron chi connectivity index (χ1n) is 8.11. The minimum absolute atomic E-state index is 0.0426. The number of hydrogen-bond donors (Lipinski definition) is 0. The number of anilines is 1. The van der Waals surface area contributed by atoms with Crippen molar-refractivity contribution in [3.8, 4) is 0 Å². The van der Waals surface area contributed by atoms with Crippen molar-refractivity contribution in [3.05, 3.63) is 47.8 Å². The van der Waals surface area contributed by atoms with Crippen molar-refractivity contribution in [1.29, 1.82) is 0 Å². The average Bonchev–Trinajstić information content (AvgIpc) is 3.18. The Morgan fingerprint density at radius 1 is 1.29 bits per heavy atom. The molecule has 3 rings (SSSR count). The molecule has 1 aromatic carbocycles. The highest BCUT2D eigenvalue weighted by Gasteiger charge is 2.36. The zero-order valence-corrected chi connectivity index (χ0v) is 13.9. The summed E-state index contributed by atoms with van der Waals surface area (Å²) in [6.45, 7) is 2.59. The van der Waals surface area contributed by atoms with Crippen LogP contribution in [-0.2, 0) is 34.4 Å². The van der Waals surface area contributed by atoms with Crippen LogP contribution in [0.15, 0.2) is 36.5 Å². The summed E-state index contributed by atoms with van der Waals surface area (Å²) in [5.41, 5.74) is 2.75. The standard InChI is InChI=1S/C18H21N3O3/c1-3-13-4-6-16(7-5-13)21-11-14(10-17(21)22)18(23)24-12-15-8-9-20(2)19-15/h4-9,14H,3,10-12H2,1-2H3/t14-/m1/s1. The van der Waals surface area contributed by atoms with Gasteiger partial charge in [0.1, 0.15) is 6.61 Å². The van der Waals surface area contributed by atoms with Gasteiger partial charge >= 0.3 is 5.97 Å². The van der Waals surface area contributed by atoms with Gasteiger partial charge in [-0.1, -0.05) is 19.1 Å². The highest BCUT2D eigenvalue weighted by molar-refractivity contribution is 5.99. The third-order valence-electron chi connectivity index (χ3n) is 4.25. The number of aromatic nitrogens is 2. The Morgan fingerprint density at radius 2 is 2.04 bits per heavy atom. The molecule has 2 aromatic rings. The third kappa shape index (κ3) is 3.48. The van der Waals surface area contributed by atoms with Crippen LogP contribution in [0.3, 0.4) is 0 Å². The summed E-state index contributed by atoms with van der Waals surface area (Å²) >= 11 is 0. The van der Waals surface area contributed by atoms with E-state index < -0.39 is 5.92 Å². The van der Waals surface area contributed by atoms with Gasteiger partial charge in [0, 0.05) is 31.9 Å². The number of aryl methyl sites for hydroxylation is 2. The number of hydrogen-bond acceptors (Lipinski definition) is 4. The second-order valence-corrected chi connectivity index (χ2v) is 6.01. The van der Waals surface area contributed by atoms with Gasteiger partial charge in [0.25, 0.3) is 0 Å². The van der Waals surface area contributed by atoms with Crippen LogP contribution < -0.4 is 4.90 Å². The van der Waals surface area contributed by atoms with E-state index in [1.54, 1.807) is 21.8 Å². The lowest BCUT2D eigenvalue weighted by atomic mass is 10.1. The number of esters is 1. The normalized spacial score (nSPS) is 17.3. The van der Waals surface area contributed by atoms with E-state index in [-0.39, 0.29) is 24.9 Å². The number of nitrogens with zero attached hydrogens (tertiary/aromatic N) is 3. The molecule has 6 nitrogen and oxygen atoms in total. The van der Waals surface area contributed by atoms with Crippen LogP contribution >= 0.6 is 0 Å². The lowest BCUT2D eigenvalue weighted by Crippen LogP contribution is -2.26. The molecule has 1 fully saturated rings. The summed E-state index contributed by atoms with van der Waals surface area (Å²) in [5.74, 6) is -0.812. The zero-order valence-electron chi connectivity index (χ0n) is 13.9. The molecule has 2 heterocycles. The molecule has 126 valence electrons. The summed E-state index contributed by atoms with van der Waals surface area (Å²) in [5, 5.41) is 4.17. The molecule has 0 radical (unpaired) electrons. The van der Waals surface area contributed by atoms with Crippen molar-refractivity contribution < 1.29 is 14.3 Å². The molecular formula is C18H21N3O3. The highest BCUT2D eigenvalue weighted by Crippen LogP contribution is 2.26. The zero-order chi connectivity index (χ0) is 17.1. The van der Waals surface area contributed by atoms with Gasteiger partial charge in [0.15, 0.2) is 0 Å². The molecule has 1 aromatic heterocycles. The van der Waals surface area contributed by atoms with Crippen molar-refractivity contribution >= 4 is 17.6 Å². The van der Waals surface area contributed by atoms with E-state index in [1.165, 1.54) is 5.56 Å². The second kappa shape index (κ2) is 6.86. The van der Waals surface area contributed by atoms with E-state index in [0.717, 1.165) is 12.1 Å². The monoisotopic (exact) mass is 327 g/mol. The molecule has 1 saturated heterocycles. The van der Waals surface area contributed by atoms with Crippen LogP contribution in [0.5, 0.6) is 0 Å². The summed E-state index contributed by atoms with van der Waals surface area (Å²) in [6.07, 6.45) is 2.94. The molecule has 1 atom stereocenters. The fourth-order valence-electron chi connectivity index (χ4n) is 2.83. The van der Waals surface area contributed by atoms with Gasteiger partial charge in [-0.15, -0.1) is 0 Å². The number of carbonyl (C=O) groups excluding carboxylic acids is 2. The van der Waals surface area contributed by atoms with Crippen molar-refractivity contribution in [1.82, 2.24) is 9.78 Å². The Morgan fingerprint density at radius 3 is 2.67 bits per heavy atom. The molecule has 0 aliphatic carbocycles. The molecule has 0 bridgehead atoms. The van der Waals surface area contributed by atoms with Gasteiger partial charge < -0.3 is 9.64 Å². The predicted octanol–water partition coefficient (Wildman–Crippen LogP) is 2.08. The van der Waals surface area contributed by atoms with Gasteiger partial charge in [-0.25, -0.2) is 0 Å². The first-order chi connectivity index (χ1) is 11.6. The average molecular weight is 327 g/mol. The van der Waals surface area contributed by atoms with Gasteiger partial charge in [-0.3, -0.25) is 14.3 Å². The Kier molecular flexibility index (Phi) is 4.64. The fourth-order valence-corrected chi connectivity index (χ4v) is 2.83. The topological polar surface area (TPSA) is 64.4 Å². The van der Waals surface area contributed by atoms with Gasteiger partial charge in [0.2, 0.25) is 5.91 Å². The molecule has 0 unspecified atom stereocenters. The Bertz CT molecular complexity index is 736. The van der Waals surface area contributed by atoms with Crippen molar-refractivity contribution in [2.24, 2.45) is 13.0 Å². The molecule has 1 aliphatic rings. The fraction of sp³-hybridized carbons (Fsp3) is 0.389. The molecule has 0 saturated carbocycles. The maximum atomic E-state index is 12.2. The lowest BCUT2D eigenvalue weighted by molar-refractivity contribution is -0.149. The summed E-state index contributed by atoms with van der Waals surface area (Å²) < 4.78 is 6.96. The Labute approximate surface area is 141 Å². The highest BCUT2D eigenvalue weighted by atomic mass is 16.5. The Hall–Kier alpha value is -2.63. The van der Waals surface area contributed by atoms with Crippen molar-refractivity contribution in [2.75, 3.05) is 11.4 Å². The molecule has 1 amide bonds. The first kappa shape index (κ1) is 16.2. The number of benzene rings is 1. The molecule has 1 aliphatic heterocycles. The van der Waals surface area contributed by atoms with Crippen LogP contribution in [0, 0.1) is 5.92 Å². The minimum Gasteiger partial charge on any atom is -0.459 e. The maximum Gasteiger partial charge on any atom is 0.311 e. The second-order valence-electron chi connectivity index (χ2n) is 6.01. The van der Waals surface area contributed by atoms with Crippen molar-refractivity contribution in [2.45, 2.75) is 26.4 Å². The summed E-state index contributed by atoms with van der Waals surface area (Å²) in [6, 6.07) is 9.68. The van der Waals surface area contributed by atoms with E-state index in [0.29, 0.717) is 12.2 Å². The van der Waals surface area contributed by atoms with Crippen molar-refractivity contribution in [3.63, 3.8) is 0 Å². The van der Waals surface area contributed by atoms with E-state index >= 15 is 0 Å². The van der Waals surface area contributed by atoms with Crippen LogP contribution in [0.1, 0.15) is 24.6 Å². The molecular weight excluding hydrogens is 306 g/mol. The Balaban J connectivity index is 1.59. The summed E-state index contributed by atoms with van der Waals surface area (Å²) in [4.78, 5) is 26.1. The number of ether oxygens (including phenoxy) is 1. The quantitative estimate of drug-likeness (QED) is 0.789. The number of carbonyl (C=O) groups is 2. The van der Waals surface area contributed by atoms with E-state index in [9.17, 15) is 9.59 Å². The van der Waals surface area contributed by atoms with Crippen LogP contribution in [0.2, 0.25) is 0 Å². The molecule has 6 heteroatoms. The summed E-state index contributed by atoms with van der Waals surface area (Å²) in [7, 11) is 1.81. The van der Waals surface area contributed by atoms with E-state index in [2.05, 4.69) is 12.0 Å². The largest absolute Gasteiger partial charge is 0.459 e.